The number of pyridine rings is 1. The first-order valence-electron chi connectivity index (χ1n) is 7.79. The molecule has 3 aromatic rings. The van der Waals surface area contributed by atoms with Crippen molar-refractivity contribution >= 4 is 11.5 Å². The van der Waals surface area contributed by atoms with E-state index in [1.165, 1.54) is 19.4 Å². The van der Waals surface area contributed by atoms with Crippen LogP contribution in [0.5, 0.6) is 5.75 Å². The van der Waals surface area contributed by atoms with Crippen molar-refractivity contribution < 1.29 is 14.3 Å². The van der Waals surface area contributed by atoms with Crippen molar-refractivity contribution in [1.82, 2.24) is 0 Å². The number of para-hydroxylation sites is 1. The number of nitrogen functional groups attached to an aromatic ring is 1. The van der Waals surface area contributed by atoms with Crippen LogP contribution in [0.2, 0.25) is 0 Å². The molecule has 0 saturated carbocycles. The Morgan fingerprint density at radius 1 is 1.12 bits per heavy atom. The number of nitrogens with two attached hydrogens (primary N) is 1. The van der Waals surface area contributed by atoms with Crippen LogP contribution in [-0.2, 0) is 0 Å². The number of hydrogen-bond acceptors (Lipinski definition) is 4. The van der Waals surface area contributed by atoms with Crippen LogP contribution in [0.3, 0.4) is 0 Å². The monoisotopic (exact) mass is 334 g/mol. The Morgan fingerprint density at radius 3 is 2.60 bits per heavy atom. The van der Waals surface area contributed by atoms with E-state index in [0.29, 0.717) is 27.2 Å². The highest BCUT2D eigenvalue weighted by molar-refractivity contribution is 6.13. The van der Waals surface area contributed by atoms with E-state index >= 15 is 0 Å². The van der Waals surface area contributed by atoms with Crippen LogP contribution in [0.1, 0.15) is 21.5 Å². The van der Waals surface area contributed by atoms with Gasteiger partial charge in [-0.05, 0) is 25.1 Å². The third-order valence-electron chi connectivity index (χ3n) is 4.03. The zero-order valence-electron chi connectivity index (χ0n) is 14.0. The molecule has 1 aromatic heterocycles. The van der Waals surface area contributed by atoms with Crippen molar-refractivity contribution in [3.8, 4) is 17.0 Å². The summed E-state index contributed by atoms with van der Waals surface area (Å²) >= 11 is 0. The van der Waals surface area contributed by atoms with Crippen LogP contribution in [0.15, 0.2) is 60.8 Å². The first-order valence-corrected chi connectivity index (χ1v) is 7.79. The SMILES string of the molecule is COc1ccccc1-c1c(N)c(C(=O)c2cccc(C)c2)cc[n+]1[O-]. The van der Waals surface area contributed by atoms with Crippen LogP contribution < -0.4 is 15.2 Å². The lowest BCUT2D eigenvalue weighted by Crippen LogP contribution is -2.31. The number of ether oxygens (including phenoxy) is 1. The molecule has 25 heavy (non-hydrogen) atoms. The second-order valence-corrected chi connectivity index (χ2v) is 5.72. The highest BCUT2D eigenvalue weighted by Crippen LogP contribution is 2.33. The molecule has 0 aliphatic carbocycles. The number of methoxy groups -OCH3 is 1. The van der Waals surface area contributed by atoms with Crippen molar-refractivity contribution in [2.75, 3.05) is 12.8 Å². The topological polar surface area (TPSA) is 79.3 Å². The summed E-state index contributed by atoms with van der Waals surface area (Å²) in [6.45, 7) is 1.91. The first kappa shape index (κ1) is 16.5. The smallest absolute Gasteiger partial charge is 0.251 e. The largest absolute Gasteiger partial charge is 0.618 e. The Kier molecular flexibility index (Phi) is 4.39. The maximum Gasteiger partial charge on any atom is 0.251 e. The minimum Gasteiger partial charge on any atom is -0.618 e. The van der Waals surface area contributed by atoms with Gasteiger partial charge in [0.15, 0.2) is 12.0 Å². The van der Waals surface area contributed by atoms with Gasteiger partial charge in [0.1, 0.15) is 11.4 Å². The third kappa shape index (κ3) is 3.04. The number of carbonyl (C=O) groups excluding carboxylic acids is 1. The fourth-order valence-corrected chi connectivity index (χ4v) is 2.80. The van der Waals surface area contributed by atoms with Crippen LogP contribution in [0.4, 0.5) is 5.69 Å². The highest BCUT2D eigenvalue weighted by atomic mass is 16.5. The lowest BCUT2D eigenvalue weighted by Gasteiger charge is -2.13. The minimum atomic E-state index is -0.224. The third-order valence-corrected chi connectivity index (χ3v) is 4.03. The molecule has 0 aliphatic heterocycles. The van der Waals surface area contributed by atoms with Gasteiger partial charge in [-0.15, -0.1) is 0 Å². The molecular weight excluding hydrogens is 316 g/mol. The number of aromatic nitrogens is 1. The quantitative estimate of drug-likeness (QED) is 0.452. The van der Waals surface area contributed by atoms with Crippen molar-refractivity contribution in [3.05, 3.63) is 82.7 Å². The van der Waals surface area contributed by atoms with Gasteiger partial charge in [-0.3, -0.25) is 4.79 Å². The van der Waals surface area contributed by atoms with Gasteiger partial charge in [-0.2, -0.15) is 4.73 Å². The van der Waals surface area contributed by atoms with Crippen LogP contribution in [-0.4, -0.2) is 12.9 Å². The number of carbonyl (C=O) groups is 1. The molecule has 0 bridgehead atoms. The number of nitrogens with zero attached hydrogens (tertiary/aromatic N) is 1. The lowest BCUT2D eigenvalue weighted by molar-refractivity contribution is -0.593. The standard InChI is InChI=1S/C20H18N2O3/c1-13-6-5-7-14(12-13)20(23)16-10-11-22(24)19(18(16)21)15-8-3-4-9-17(15)25-2/h3-12H,21H2,1-2H3. The predicted molar refractivity (Wildman–Crippen MR) is 96.4 cm³/mol. The molecule has 1 heterocycles. The second-order valence-electron chi connectivity index (χ2n) is 5.72. The molecule has 0 fully saturated rings. The Balaban J connectivity index is 2.17. The van der Waals surface area contributed by atoms with Crippen molar-refractivity contribution in [1.29, 1.82) is 0 Å². The predicted octanol–water partition coefficient (Wildman–Crippen LogP) is 3.12. The van der Waals surface area contributed by atoms with Gasteiger partial charge in [-0.25, -0.2) is 0 Å². The van der Waals surface area contributed by atoms with Crippen LogP contribution >= 0.6 is 0 Å². The van der Waals surface area contributed by atoms with Crippen molar-refractivity contribution in [2.24, 2.45) is 0 Å². The molecular formula is C20H18N2O3. The van der Waals surface area contributed by atoms with E-state index in [1.54, 1.807) is 36.4 Å². The fourth-order valence-electron chi connectivity index (χ4n) is 2.80. The van der Waals surface area contributed by atoms with E-state index < -0.39 is 0 Å². The summed E-state index contributed by atoms with van der Waals surface area (Å²) in [6, 6.07) is 15.8. The molecule has 5 heteroatoms. The number of benzene rings is 2. The van der Waals surface area contributed by atoms with Gasteiger partial charge in [0, 0.05) is 11.6 Å². The van der Waals surface area contributed by atoms with E-state index in [-0.39, 0.29) is 17.2 Å². The lowest BCUT2D eigenvalue weighted by atomic mass is 9.98. The van der Waals surface area contributed by atoms with Crippen LogP contribution in [0, 0.1) is 12.1 Å². The summed E-state index contributed by atoms with van der Waals surface area (Å²) < 4.78 is 5.97. The number of aryl methyl sites for hydroxylation is 1. The van der Waals surface area contributed by atoms with Crippen LogP contribution in [0.25, 0.3) is 11.3 Å². The van der Waals surface area contributed by atoms with E-state index in [4.69, 9.17) is 10.5 Å². The number of rotatable bonds is 4. The van der Waals surface area contributed by atoms with Crippen molar-refractivity contribution in [3.63, 3.8) is 0 Å². The molecule has 2 N–H and O–H groups in total. The first-order chi connectivity index (χ1) is 12.0. The van der Waals surface area contributed by atoms with Gasteiger partial charge in [0.05, 0.1) is 18.2 Å². The molecule has 2 aromatic carbocycles. The van der Waals surface area contributed by atoms with Gasteiger partial charge in [0.2, 0.25) is 0 Å². The molecule has 0 saturated heterocycles. The molecule has 0 atom stereocenters. The van der Waals surface area contributed by atoms with Gasteiger partial charge in [0.25, 0.3) is 5.69 Å². The number of anilines is 1. The molecule has 126 valence electrons. The molecule has 0 aliphatic rings. The minimum absolute atomic E-state index is 0.133. The molecule has 5 nitrogen and oxygen atoms in total. The Labute approximate surface area is 145 Å². The highest BCUT2D eigenvalue weighted by Gasteiger charge is 2.24. The zero-order valence-corrected chi connectivity index (χ0v) is 14.0. The Bertz CT molecular complexity index is 951. The molecule has 0 unspecified atom stereocenters. The summed E-state index contributed by atoms with van der Waals surface area (Å²) in [6.07, 6.45) is 1.29. The molecule has 0 radical (unpaired) electrons. The normalized spacial score (nSPS) is 10.5. The van der Waals surface area contributed by atoms with E-state index in [9.17, 15) is 10.0 Å². The number of hydrogen-bond donors (Lipinski definition) is 1. The Hall–Kier alpha value is -3.34. The maximum atomic E-state index is 12.8. The molecule has 3 rings (SSSR count). The average Bonchev–Trinajstić information content (AvgIpc) is 2.62. The summed E-state index contributed by atoms with van der Waals surface area (Å²) in [5.41, 5.74) is 8.89. The summed E-state index contributed by atoms with van der Waals surface area (Å²) in [5.74, 6) is 0.289. The van der Waals surface area contributed by atoms with E-state index in [1.807, 2.05) is 19.1 Å². The summed E-state index contributed by atoms with van der Waals surface area (Å²) in [5, 5.41) is 12.3. The van der Waals surface area contributed by atoms with E-state index in [0.717, 1.165) is 5.56 Å². The fraction of sp³-hybridized carbons (Fsp3) is 0.100. The second kappa shape index (κ2) is 6.65. The Morgan fingerprint density at radius 2 is 1.88 bits per heavy atom. The van der Waals surface area contributed by atoms with Gasteiger partial charge in [-0.1, -0.05) is 35.9 Å². The maximum absolute atomic E-state index is 12.8. The number of ketones is 1. The van der Waals surface area contributed by atoms with Crippen molar-refractivity contribution in [2.45, 2.75) is 6.92 Å². The summed E-state index contributed by atoms with van der Waals surface area (Å²) in [4.78, 5) is 12.8. The molecule has 0 spiro atoms. The summed E-state index contributed by atoms with van der Waals surface area (Å²) in [7, 11) is 1.52. The van der Waals surface area contributed by atoms with Gasteiger partial charge < -0.3 is 15.7 Å². The zero-order chi connectivity index (χ0) is 18.0. The average molecular weight is 334 g/mol. The molecule has 0 amide bonds. The van der Waals surface area contributed by atoms with E-state index in [2.05, 4.69) is 0 Å². The van der Waals surface area contributed by atoms with Gasteiger partial charge >= 0.3 is 0 Å².